The number of hydrogen-bond donors (Lipinski definition) is 1. The summed E-state index contributed by atoms with van der Waals surface area (Å²) in [5, 5.41) is 0.932. The number of aromatic nitrogens is 1. The summed E-state index contributed by atoms with van der Waals surface area (Å²) in [6.07, 6.45) is 0. The number of fused-ring (bicyclic) bond motifs is 1. The van der Waals surface area contributed by atoms with E-state index >= 15 is 0 Å². The molecule has 0 aliphatic rings. The number of rotatable bonds is 3. The van der Waals surface area contributed by atoms with Crippen LogP contribution in [0.2, 0.25) is 0 Å². The van der Waals surface area contributed by atoms with Gasteiger partial charge in [0, 0.05) is 17.0 Å². The number of pyridine rings is 1. The Kier molecular flexibility index (Phi) is 3.54. The Morgan fingerprint density at radius 1 is 1.10 bits per heavy atom. The molecule has 2 N–H and O–H groups in total. The highest BCUT2D eigenvalue weighted by atomic mass is 32.1. The predicted molar refractivity (Wildman–Crippen MR) is 88.9 cm³/mol. The van der Waals surface area contributed by atoms with Gasteiger partial charge in [-0.3, -0.25) is 0 Å². The molecular formula is C17H14N2OS. The molecule has 21 heavy (non-hydrogen) atoms. The van der Waals surface area contributed by atoms with Crippen LogP contribution in [0.25, 0.3) is 10.9 Å². The molecular weight excluding hydrogens is 280 g/mol. The number of nitrogens with zero attached hydrogens (tertiary/aromatic N) is 1. The lowest BCUT2D eigenvalue weighted by molar-refractivity contribution is 0.464. The molecule has 104 valence electrons. The summed E-state index contributed by atoms with van der Waals surface area (Å²) in [7, 11) is 0. The smallest absolute Gasteiger partial charge is 0.220 e. The molecule has 0 saturated heterocycles. The van der Waals surface area contributed by atoms with E-state index in [4.69, 9.17) is 22.7 Å². The molecule has 1 aromatic heterocycles. The molecule has 0 aliphatic carbocycles. The first-order chi connectivity index (χ1) is 10.1. The van der Waals surface area contributed by atoms with Crippen LogP contribution < -0.4 is 10.5 Å². The monoisotopic (exact) mass is 294 g/mol. The van der Waals surface area contributed by atoms with Crippen LogP contribution in [0.3, 0.4) is 0 Å². The van der Waals surface area contributed by atoms with Crippen molar-refractivity contribution in [1.82, 2.24) is 4.98 Å². The van der Waals surface area contributed by atoms with Crippen LogP contribution in [0.5, 0.6) is 11.6 Å². The maximum Gasteiger partial charge on any atom is 0.220 e. The van der Waals surface area contributed by atoms with Gasteiger partial charge in [0.25, 0.3) is 0 Å². The lowest BCUT2D eigenvalue weighted by atomic mass is 10.1. The van der Waals surface area contributed by atoms with E-state index < -0.39 is 0 Å². The first kappa shape index (κ1) is 13.5. The number of hydrogen-bond acceptors (Lipinski definition) is 3. The van der Waals surface area contributed by atoms with E-state index in [9.17, 15) is 0 Å². The molecule has 0 aliphatic heterocycles. The molecule has 0 atom stereocenters. The quantitative estimate of drug-likeness (QED) is 0.743. The van der Waals surface area contributed by atoms with Crippen LogP contribution in [0.4, 0.5) is 0 Å². The number of aryl methyl sites for hydroxylation is 1. The molecule has 0 bridgehead atoms. The molecule has 1 heterocycles. The van der Waals surface area contributed by atoms with Gasteiger partial charge in [-0.05, 0) is 30.7 Å². The molecule has 0 saturated carbocycles. The molecule has 2 aromatic carbocycles. The Balaban J connectivity index is 2.09. The summed E-state index contributed by atoms with van der Waals surface area (Å²) in [6.45, 7) is 2.01. The Morgan fingerprint density at radius 3 is 2.67 bits per heavy atom. The average molecular weight is 294 g/mol. The Bertz CT molecular complexity index is 830. The van der Waals surface area contributed by atoms with Crippen molar-refractivity contribution < 1.29 is 4.74 Å². The third kappa shape index (κ3) is 2.85. The summed E-state index contributed by atoms with van der Waals surface area (Å²) >= 11 is 5.13. The second-order valence-corrected chi connectivity index (χ2v) is 5.25. The van der Waals surface area contributed by atoms with E-state index in [1.165, 1.54) is 0 Å². The minimum atomic E-state index is 0.336. The number of benzene rings is 2. The number of para-hydroxylation sites is 1. The zero-order valence-corrected chi connectivity index (χ0v) is 12.4. The van der Waals surface area contributed by atoms with Crippen LogP contribution >= 0.6 is 12.2 Å². The maximum atomic E-state index is 5.83. The van der Waals surface area contributed by atoms with E-state index in [0.29, 0.717) is 10.9 Å². The second kappa shape index (κ2) is 5.50. The molecule has 3 rings (SSSR count). The van der Waals surface area contributed by atoms with Crippen molar-refractivity contribution in [3.05, 3.63) is 65.7 Å². The Hall–Kier alpha value is -2.46. The molecule has 0 radical (unpaired) electrons. The fraction of sp³-hybridized carbons (Fsp3) is 0.0588. The molecule has 4 heteroatoms. The number of nitrogens with two attached hydrogens (primary N) is 1. The SMILES string of the molecule is Cc1cccc(Oc2cc(C(N)=S)c3ccccc3n2)c1. The third-order valence-electron chi connectivity index (χ3n) is 3.17. The van der Waals surface area contributed by atoms with E-state index in [2.05, 4.69) is 4.98 Å². The minimum absolute atomic E-state index is 0.336. The zero-order valence-electron chi connectivity index (χ0n) is 11.5. The van der Waals surface area contributed by atoms with Crippen molar-refractivity contribution in [3.63, 3.8) is 0 Å². The van der Waals surface area contributed by atoms with Crippen LogP contribution in [0, 0.1) is 6.92 Å². The molecule has 0 fully saturated rings. The molecule has 3 nitrogen and oxygen atoms in total. The number of ether oxygens (including phenoxy) is 1. The Morgan fingerprint density at radius 2 is 1.90 bits per heavy atom. The first-order valence-corrected chi connectivity index (χ1v) is 6.98. The van der Waals surface area contributed by atoms with Gasteiger partial charge in [-0.15, -0.1) is 0 Å². The van der Waals surface area contributed by atoms with E-state index in [0.717, 1.165) is 27.8 Å². The highest BCUT2D eigenvalue weighted by Crippen LogP contribution is 2.26. The summed E-state index contributed by atoms with van der Waals surface area (Å²) in [5.74, 6) is 1.23. The van der Waals surface area contributed by atoms with Crippen LogP contribution in [0.1, 0.15) is 11.1 Å². The minimum Gasteiger partial charge on any atom is -0.439 e. The van der Waals surface area contributed by atoms with Gasteiger partial charge in [0.1, 0.15) is 10.7 Å². The standard InChI is InChI=1S/C17H14N2OS/c1-11-5-4-6-12(9-11)20-16-10-14(17(18)21)13-7-2-3-8-15(13)19-16/h2-10H,1H3,(H2,18,21). The van der Waals surface area contributed by atoms with Crippen molar-refractivity contribution in [2.45, 2.75) is 6.92 Å². The van der Waals surface area contributed by atoms with Gasteiger partial charge in [0.2, 0.25) is 5.88 Å². The van der Waals surface area contributed by atoms with Crippen molar-refractivity contribution in [2.24, 2.45) is 5.73 Å². The van der Waals surface area contributed by atoms with Gasteiger partial charge in [-0.1, -0.05) is 42.5 Å². The van der Waals surface area contributed by atoms with E-state index in [1.54, 1.807) is 6.07 Å². The van der Waals surface area contributed by atoms with Gasteiger partial charge in [-0.2, -0.15) is 0 Å². The first-order valence-electron chi connectivity index (χ1n) is 6.57. The predicted octanol–water partition coefficient (Wildman–Crippen LogP) is 3.97. The molecule has 0 unspecified atom stereocenters. The summed E-state index contributed by atoms with van der Waals surface area (Å²) in [4.78, 5) is 4.84. The summed E-state index contributed by atoms with van der Waals surface area (Å²) in [5.41, 5.74) is 8.53. The summed E-state index contributed by atoms with van der Waals surface area (Å²) < 4.78 is 5.83. The van der Waals surface area contributed by atoms with Crippen molar-refractivity contribution in [2.75, 3.05) is 0 Å². The van der Waals surface area contributed by atoms with Crippen LogP contribution in [-0.4, -0.2) is 9.97 Å². The van der Waals surface area contributed by atoms with E-state index in [1.807, 2.05) is 55.5 Å². The van der Waals surface area contributed by atoms with Crippen molar-refractivity contribution in [1.29, 1.82) is 0 Å². The van der Waals surface area contributed by atoms with Crippen molar-refractivity contribution >= 4 is 28.1 Å². The van der Waals surface area contributed by atoms with Crippen LogP contribution in [0.15, 0.2) is 54.6 Å². The van der Waals surface area contributed by atoms with Crippen molar-refractivity contribution in [3.8, 4) is 11.6 Å². The van der Waals surface area contributed by atoms with Gasteiger partial charge in [0.05, 0.1) is 5.52 Å². The largest absolute Gasteiger partial charge is 0.439 e. The fourth-order valence-electron chi connectivity index (χ4n) is 2.21. The molecule has 3 aromatic rings. The third-order valence-corrected chi connectivity index (χ3v) is 3.39. The lowest BCUT2D eigenvalue weighted by Gasteiger charge is -2.10. The zero-order chi connectivity index (χ0) is 14.8. The highest BCUT2D eigenvalue weighted by Gasteiger charge is 2.09. The van der Waals surface area contributed by atoms with Gasteiger partial charge < -0.3 is 10.5 Å². The topological polar surface area (TPSA) is 48.1 Å². The van der Waals surface area contributed by atoms with E-state index in [-0.39, 0.29) is 0 Å². The summed E-state index contributed by atoms with van der Waals surface area (Å²) in [6, 6.07) is 17.3. The average Bonchev–Trinajstić information content (AvgIpc) is 2.46. The highest BCUT2D eigenvalue weighted by molar-refractivity contribution is 7.80. The lowest BCUT2D eigenvalue weighted by Crippen LogP contribution is -2.10. The normalized spacial score (nSPS) is 10.5. The van der Waals surface area contributed by atoms with Gasteiger partial charge in [0.15, 0.2) is 0 Å². The Labute approximate surface area is 128 Å². The van der Waals surface area contributed by atoms with Gasteiger partial charge >= 0.3 is 0 Å². The van der Waals surface area contributed by atoms with Crippen LogP contribution in [-0.2, 0) is 0 Å². The molecule has 0 amide bonds. The maximum absolute atomic E-state index is 5.83. The fourth-order valence-corrected chi connectivity index (χ4v) is 2.38. The number of thiocarbonyl (C=S) groups is 1. The van der Waals surface area contributed by atoms with Gasteiger partial charge in [-0.25, -0.2) is 4.98 Å². The molecule has 0 spiro atoms. The second-order valence-electron chi connectivity index (χ2n) is 4.81.